The third-order valence-corrected chi connectivity index (χ3v) is 0.682. The van der Waals surface area contributed by atoms with Gasteiger partial charge in [0.05, 0.1) is 24.1 Å². The average molecular weight is 318 g/mol. The molecule has 0 aliphatic rings. The minimum atomic E-state index is -2.33. The quantitative estimate of drug-likeness (QED) is 0.467. The molecule has 0 heterocycles. The number of carbonyl (C=O) groups is 3. The van der Waals surface area contributed by atoms with Crippen LogP contribution in [0.1, 0.15) is 13.8 Å². The summed E-state index contributed by atoms with van der Waals surface area (Å²) < 4.78 is 0. The maximum Gasteiger partial charge on any atom is 2.00 e. The van der Waals surface area contributed by atoms with Crippen molar-refractivity contribution in [2.45, 2.75) is 26.1 Å². The van der Waals surface area contributed by atoms with Crippen LogP contribution in [0.2, 0.25) is 0 Å². The van der Waals surface area contributed by atoms with Gasteiger partial charge in [0.1, 0.15) is 0 Å². The number of aliphatic carboxylic acids is 2. The van der Waals surface area contributed by atoms with Crippen molar-refractivity contribution in [3.8, 4) is 0 Å². The molecule has 2 N–H and O–H groups in total. The molecule has 0 spiro atoms. The van der Waals surface area contributed by atoms with Gasteiger partial charge in [-0.15, -0.1) is 0 Å². The molecule has 2 atom stereocenters. The molecule has 9 nitrogen and oxygen atoms in total. The maximum absolute atomic E-state index is 9.34. The zero-order valence-corrected chi connectivity index (χ0v) is 14.2. The summed E-state index contributed by atoms with van der Waals surface area (Å²) in [5.74, 6) is -2.87. The van der Waals surface area contributed by atoms with E-state index >= 15 is 0 Å². The minimum Gasteiger partial charge on any atom is -0.652 e. The number of aliphatic hydroxyl groups is 2. The third kappa shape index (κ3) is 54.5. The summed E-state index contributed by atoms with van der Waals surface area (Å²) in [6, 6.07) is 0. The zero-order chi connectivity index (χ0) is 13.9. The molecule has 0 bridgehead atoms. The van der Waals surface area contributed by atoms with Gasteiger partial charge in [-0.3, -0.25) is 0 Å². The Balaban J connectivity index is -0.0000000454. The second-order valence-electron chi connectivity index (χ2n) is 2.24. The molecular weight excluding hydrogens is 308 g/mol. The molecule has 0 aliphatic heterocycles. The first-order valence-corrected chi connectivity index (χ1v) is 3.68. The van der Waals surface area contributed by atoms with E-state index in [1.165, 1.54) is 0 Å². The molecule has 96 valence electrons. The van der Waals surface area contributed by atoms with Crippen LogP contribution >= 0.6 is 0 Å². The van der Waals surface area contributed by atoms with E-state index in [1.807, 2.05) is 0 Å². The van der Waals surface area contributed by atoms with Crippen molar-refractivity contribution in [2.24, 2.45) is 0 Å². The molecule has 0 saturated carbocycles. The second kappa shape index (κ2) is 20.0. The Hall–Kier alpha value is 0.649. The third-order valence-electron chi connectivity index (χ3n) is 0.682. The SMILES string of the molecule is CC(O)C(=O)[O-].CC(O)C(=O)[O-].O=C([O-])[O-].[Ca+2].[Ca+2]. The molecule has 11 heteroatoms. The molecule has 0 fully saturated rings. The summed E-state index contributed by atoms with van der Waals surface area (Å²) in [6.45, 7) is 2.27. The monoisotopic (exact) mass is 318 g/mol. The van der Waals surface area contributed by atoms with Gasteiger partial charge in [-0.25, -0.2) is 0 Å². The Morgan fingerprint density at radius 3 is 0.833 bits per heavy atom. The van der Waals surface area contributed by atoms with Gasteiger partial charge in [-0.2, -0.15) is 0 Å². The van der Waals surface area contributed by atoms with Crippen molar-refractivity contribution in [1.82, 2.24) is 0 Å². The number of hydrogen-bond donors (Lipinski definition) is 2. The van der Waals surface area contributed by atoms with Gasteiger partial charge in [0.25, 0.3) is 0 Å². The molecule has 0 aromatic heterocycles. The van der Waals surface area contributed by atoms with Crippen LogP contribution in [0.3, 0.4) is 0 Å². The molecule has 0 radical (unpaired) electrons. The van der Waals surface area contributed by atoms with Crippen molar-refractivity contribution >= 4 is 93.6 Å². The average Bonchev–Trinajstić information content (AvgIpc) is 2.03. The van der Waals surface area contributed by atoms with Gasteiger partial charge in [0.2, 0.25) is 0 Å². The molecular formula is C7H10Ca2O9. The summed E-state index contributed by atoms with van der Waals surface area (Å²) in [4.78, 5) is 27.0. The van der Waals surface area contributed by atoms with Crippen LogP contribution in [0.4, 0.5) is 4.79 Å². The van der Waals surface area contributed by atoms with Crippen molar-refractivity contribution in [3.05, 3.63) is 0 Å². The molecule has 18 heavy (non-hydrogen) atoms. The molecule has 0 saturated heterocycles. The summed E-state index contributed by atoms with van der Waals surface area (Å²) >= 11 is 0. The Labute approximate surface area is 162 Å². The number of aliphatic hydroxyl groups excluding tert-OH is 2. The molecule has 0 amide bonds. The first-order valence-electron chi connectivity index (χ1n) is 3.68. The van der Waals surface area contributed by atoms with Crippen molar-refractivity contribution in [1.29, 1.82) is 0 Å². The van der Waals surface area contributed by atoms with Crippen LogP contribution in [0, 0.1) is 0 Å². The van der Waals surface area contributed by atoms with Gasteiger partial charge in [-0.05, 0) is 20.0 Å². The standard InChI is InChI=1S/2C3H6O3.CH2O3.2Ca/c2*1-2(4)3(5)6;2-1(3)4;;/h2*2,4H,1H3,(H,5,6);(H2,2,3,4);;/q;;;2*+2/p-4. The van der Waals surface area contributed by atoms with E-state index in [0.717, 1.165) is 13.8 Å². The zero-order valence-electron chi connectivity index (χ0n) is 9.82. The van der Waals surface area contributed by atoms with Crippen LogP contribution in [0.25, 0.3) is 0 Å². The Bertz CT molecular complexity index is 207. The van der Waals surface area contributed by atoms with Crippen molar-refractivity contribution < 1.29 is 45.0 Å². The van der Waals surface area contributed by atoms with E-state index in [4.69, 9.17) is 25.2 Å². The smallest absolute Gasteiger partial charge is 0.652 e. The van der Waals surface area contributed by atoms with Crippen LogP contribution in [-0.4, -0.2) is 116 Å². The molecule has 0 aromatic carbocycles. The number of carboxylic acid groups (broad SMARTS) is 4. The number of carboxylic acids is 2. The molecule has 0 rings (SSSR count). The fraction of sp³-hybridized carbons (Fsp3) is 0.571. The normalized spacial score (nSPS) is 10.4. The fourth-order valence-corrected chi connectivity index (χ4v) is 0. The summed E-state index contributed by atoms with van der Waals surface area (Å²) in [5, 5.41) is 51.3. The van der Waals surface area contributed by atoms with E-state index in [2.05, 4.69) is 0 Å². The van der Waals surface area contributed by atoms with Gasteiger partial charge in [0.15, 0.2) is 0 Å². The number of hydrogen-bond acceptors (Lipinski definition) is 9. The Morgan fingerprint density at radius 1 is 0.778 bits per heavy atom. The molecule has 2 unspecified atom stereocenters. The Morgan fingerprint density at radius 2 is 0.833 bits per heavy atom. The first kappa shape index (κ1) is 31.2. The predicted octanol–water partition coefficient (Wildman–Crippen LogP) is -6.97. The first-order chi connectivity index (χ1) is 7.02. The minimum absolute atomic E-state index is 0. The van der Waals surface area contributed by atoms with Gasteiger partial charge >= 0.3 is 75.5 Å². The molecule has 0 aromatic rings. The molecule has 0 aliphatic carbocycles. The number of carbonyl (C=O) groups excluding carboxylic acids is 3. The van der Waals surface area contributed by atoms with Crippen LogP contribution in [0.5, 0.6) is 0 Å². The van der Waals surface area contributed by atoms with Crippen LogP contribution < -0.4 is 20.4 Å². The maximum atomic E-state index is 9.34. The Kier molecular flexibility index (Phi) is 34.6. The summed E-state index contributed by atoms with van der Waals surface area (Å²) in [5.41, 5.74) is 0. The van der Waals surface area contributed by atoms with E-state index in [1.54, 1.807) is 0 Å². The van der Waals surface area contributed by atoms with E-state index in [9.17, 15) is 19.8 Å². The number of rotatable bonds is 2. The van der Waals surface area contributed by atoms with Crippen molar-refractivity contribution in [3.63, 3.8) is 0 Å². The second-order valence-corrected chi connectivity index (χ2v) is 2.24. The van der Waals surface area contributed by atoms with Gasteiger partial charge in [0, 0.05) is 0 Å². The fourth-order valence-electron chi connectivity index (χ4n) is 0. The van der Waals surface area contributed by atoms with E-state index < -0.39 is 30.3 Å². The van der Waals surface area contributed by atoms with Crippen LogP contribution in [0.15, 0.2) is 0 Å². The van der Waals surface area contributed by atoms with Crippen LogP contribution in [-0.2, 0) is 9.59 Å². The van der Waals surface area contributed by atoms with Gasteiger partial charge in [-0.1, -0.05) is 0 Å². The van der Waals surface area contributed by atoms with Gasteiger partial charge < -0.3 is 45.0 Å². The predicted molar refractivity (Wildman–Crippen MR) is 50.3 cm³/mol. The van der Waals surface area contributed by atoms with E-state index in [-0.39, 0.29) is 75.5 Å². The summed E-state index contributed by atoms with van der Waals surface area (Å²) in [7, 11) is 0. The van der Waals surface area contributed by atoms with E-state index in [0.29, 0.717) is 0 Å². The van der Waals surface area contributed by atoms with Crippen molar-refractivity contribution in [2.75, 3.05) is 0 Å². The summed E-state index contributed by atoms with van der Waals surface area (Å²) in [6.07, 6.45) is -5.02. The largest absolute Gasteiger partial charge is 2.00 e. The topological polar surface area (TPSA) is 184 Å².